The first-order valence-corrected chi connectivity index (χ1v) is 6.94. The maximum Gasteiger partial charge on any atom is 0.138 e. The van der Waals surface area contributed by atoms with Gasteiger partial charge >= 0.3 is 0 Å². The van der Waals surface area contributed by atoms with E-state index in [4.69, 9.17) is 27.6 Å². The Hall–Kier alpha value is -1.48. The Morgan fingerprint density at radius 2 is 1.90 bits per heavy atom. The summed E-state index contributed by atoms with van der Waals surface area (Å²) < 4.78 is 5.76. The number of benzene rings is 2. The van der Waals surface area contributed by atoms with Gasteiger partial charge in [0.15, 0.2) is 0 Å². The second kappa shape index (κ2) is 5.13. The van der Waals surface area contributed by atoms with Crippen LogP contribution in [0.5, 0.6) is 0 Å². The van der Waals surface area contributed by atoms with Crippen molar-refractivity contribution in [2.45, 2.75) is 13.0 Å². The number of furan rings is 1. The molecule has 3 aromatic rings. The van der Waals surface area contributed by atoms with E-state index in [9.17, 15) is 5.11 Å². The summed E-state index contributed by atoms with van der Waals surface area (Å²) in [6.45, 7) is 1.97. The molecule has 1 atom stereocenters. The van der Waals surface area contributed by atoms with Crippen molar-refractivity contribution in [2.75, 3.05) is 0 Å². The van der Waals surface area contributed by atoms with Crippen LogP contribution in [0, 0.1) is 6.92 Å². The number of hydrogen-bond acceptors (Lipinski definition) is 2. The smallest absolute Gasteiger partial charge is 0.138 e. The van der Waals surface area contributed by atoms with Gasteiger partial charge in [0.05, 0.1) is 0 Å². The van der Waals surface area contributed by atoms with Gasteiger partial charge in [0, 0.05) is 21.0 Å². The molecular weight excluding hydrogens is 295 g/mol. The summed E-state index contributed by atoms with van der Waals surface area (Å²) in [6.07, 6.45) is -0.911. The quantitative estimate of drug-likeness (QED) is 0.712. The first-order valence-electron chi connectivity index (χ1n) is 6.18. The zero-order chi connectivity index (χ0) is 14.3. The maximum absolute atomic E-state index is 10.4. The van der Waals surface area contributed by atoms with Crippen molar-refractivity contribution in [1.82, 2.24) is 0 Å². The highest BCUT2D eigenvalue weighted by Crippen LogP contribution is 2.33. The second-order valence-corrected chi connectivity index (χ2v) is 5.55. The molecule has 2 aromatic carbocycles. The van der Waals surface area contributed by atoms with Gasteiger partial charge in [0.2, 0.25) is 0 Å². The fourth-order valence-corrected chi connectivity index (χ4v) is 2.75. The molecule has 0 amide bonds. The van der Waals surface area contributed by atoms with Crippen LogP contribution in [-0.4, -0.2) is 5.11 Å². The van der Waals surface area contributed by atoms with Crippen molar-refractivity contribution in [3.8, 4) is 0 Å². The van der Waals surface area contributed by atoms with Crippen LogP contribution in [-0.2, 0) is 0 Å². The first-order chi connectivity index (χ1) is 9.56. The molecule has 0 fully saturated rings. The van der Waals surface area contributed by atoms with Gasteiger partial charge in [-0.25, -0.2) is 0 Å². The number of aliphatic hydroxyl groups is 1. The summed E-state index contributed by atoms with van der Waals surface area (Å²) in [5.74, 6) is 0.471. The lowest BCUT2D eigenvalue weighted by molar-refractivity contribution is 0.192. The number of halogens is 2. The maximum atomic E-state index is 10.4. The van der Waals surface area contributed by atoms with E-state index in [1.165, 1.54) is 0 Å². The summed E-state index contributed by atoms with van der Waals surface area (Å²) in [4.78, 5) is 0. The lowest BCUT2D eigenvalue weighted by Gasteiger charge is -2.10. The number of aryl methyl sites for hydroxylation is 1. The Kier molecular flexibility index (Phi) is 3.47. The Morgan fingerprint density at radius 1 is 1.10 bits per heavy atom. The molecule has 1 aromatic heterocycles. The summed E-state index contributed by atoms with van der Waals surface area (Å²) in [6, 6.07) is 12.7. The molecule has 0 saturated carbocycles. The van der Waals surface area contributed by atoms with E-state index in [1.807, 2.05) is 31.2 Å². The molecule has 0 aliphatic heterocycles. The summed E-state index contributed by atoms with van der Waals surface area (Å²) in [5, 5.41) is 12.3. The third kappa shape index (κ3) is 2.31. The van der Waals surface area contributed by atoms with Crippen LogP contribution in [0.3, 0.4) is 0 Å². The third-order valence-corrected chi connectivity index (χ3v) is 3.85. The molecule has 1 unspecified atom stereocenters. The van der Waals surface area contributed by atoms with E-state index in [0.29, 0.717) is 21.4 Å². The van der Waals surface area contributed by atoms with Gasteiger partial charge in [-0.05, 0) is 30.7 Å². The van der Waals surface area contributed by atoms with E-state index < -0.39 is 6.10 Å². The lowest BCUT2D eigenvalue weighted by Crippen LogP contribution is -1.98. The molecule has 0 saturated heterocycles. The van der Waals surface area contributed by atoms with Crippen molar-refractivity contribution >= 4 is 34.2 Å². The molecule has 3 rings (SSSR count). The number of para-hydroxylation sites is 1. The van der Waals surface area contributed by atoms with Crippen LogP contribution in [0.1, 0.15) is 23.0 Å². The van der Waals surface area contributed by atoms with Crippen LogP contribution >= 0.6 is 23.2 Å². The van der Waals surface area contributed by atoms with E-state index in [0.717, 1.165) is 16.5 Å². The van der Waals surface area contributed by atoms with Gasteiger partial charge in [-0.3, -0.25) is 0 Å². The van der Waals surface area contributed by atoms with Crippen LogP contribution in [0.15, 0.2) is 46.9 Å². The SMILES string of the molecule is Cc1cccc2cc(C(O)c3ccc(Cl)cc3Cl)oc12. The van der Waals surface area contributed by atoms with Crippen molar-refractivity contribution in [3.63, 3.8) is 0 Å². The molecule has 2 nitrogen and oxygen atoms in total. The van der Waals surface area contributed by atoms with E-state index >= 15 is 0 Å². The van der Waals surface area contributed by atoms with Gasteiger partial charge in [0.1, 0.15) is 17.4 Å². The number of hydrogen-bond donors (Lipinski definition) is 1. The standard InChI is InChI=1S/C16H12Cl2O2/c1-9-3-2-4-10-7-14(20-16(9)10)15(19)12-6-5-11(17)8-13(12)18/h2-8,15,19H,1H3. The topological polar surface area (TPSA) is 33.4 Å². The molecule has 0 bridgehead atoms. The van der Waals surface area contributed by atoms with Crippen LogP contribution in [0.2, 0.25) is 10.0 Å². The zero-order valence-electron chi connectivity index (χ0n) is 10.7. The molecule has 102 valence electrons. The van der Waals surface area contributed by atoms with E-state index in [1.54, 1.807) is 18.2 Å². The minimum absolute atomic E-state index is 0.419. The van der Waals surface area contributed by atoms with Gasteiger partial charge in [-0.15, -0.1) is 0 Å². The largest absolute Gasteiger partial charge is 0.458 e. The van der Waals surface area contributed by atoms with Crippen LogP contribution in [0.25, 0.3) is 11.0 Å². The van der Waals surface area contributed by atoms with Crippen molar-refractivity contribution < 1.29 is 9.52 Å². The lowest BCUT2D eigenvalue weighted by atomic mass is 10.1. The fraction of sp³-hybridized carbons (Fsp3) is 0.125. The van der Waals surface area contributed by atoms with Gasteiger partial charge in [-0.1, -0.05) is 47.5 Å². The first kappa shape index (κ1) is 13.5. The predicted molar refractivity (Wildman–Crippen MR) is 81.5 cm³/mol. The van der Waals surface area contributed by atoms with Gasteiger partial charge in [-0.2, -0.15) is 0 Å². The van der Waals surface area contributed by atoms with Gasteiger partial charge < -0.3 is 9.52 Å². The van der Waals surface area contributed by atoms with E-state index in [2.05, 4.69) is 0 Å². The minimum Gasteiger partial charge on any atom is -0.458 e. The minimum atomic E-state index is -0.911. The summed E-state index contributed by atoms with van der Waals surface area (Å²) in [7, 11) is 0. The average molecular weight is 307 g/mol. The Labute approximate surface area is 126 Å². The highest BCUT2D eigenvalue weighted by Gasteiger charge is 2.19. The van der Waals surface area contributed by atoms with Gasteiger partial charge in [0.25, 0.3) is 0 Å². The molecule has 1 heterocycles. The Bertz CT molecular complexity index is 777. The Morgan fingerprint density at radius 3 is 2.60 bits per heavy atom. The normalized spacial score (nSPS) is 12.8. The zero-order valence-corrected chi connectivity index (χ0v) is 12.2. The molecule has 0 aliphatic carbocycles. The monoisotopic (exact) mass is 306 g/mol. The van der Waals surface area contributed by atoms with Crippen molar-refractivity contribution in [3.05, 3.63) is 69.4 Å². The Balaban J connectivity index is 2.08. The summed E-state index contributed by atoms with van der Waals surface area (Å²) >= 11 is 12.0. The predicted octanol–water partition coefficient (Wildman–Crippen LogP) is 5.13. The summed E-state index contributed by atoms with van der Waals surface area (Å²) in [5.41, 5.74) is 2.39. The number of aliphatic hydroxyl groups excluding tert-OH is 1. The van der Waals surface area contributed by atoms with Crippen molar-refractivity contribution in [2.24, 2.45) is 0 Å². The molecule has 0 spiro atoms. The molecule has 4 heteroatoms. The highest BCUT2D eigenvalue weighted by molar-refractivity contribution is 6.35. The number of rotatable bonds is 2. The highest BCUT2D eigenvalue weighted by atomic mass is 35.5. The molecule has 0 radical (unpaired) electrons. The molecule has 1 N–H and O–H groups in total. The fourth-order valence-electron chi connectivity index (χ4n) is 2.24. The molecule has 20 heavy (non-hydrogen) atoms. The average Bonchev–Trinajstić information content (AvgIpc) is 2.83. The molecular formula is C16H12Cl2O2. The van der Waals surface area contributed by atoms with E-state index in [-0.39, 0.29) is 0 Å². The van der Waals surface area contributed by atoms with Crippen LogP contribution in [0.4, 0.5) is 0 Å². The third-order valence-electron chi connectivity index (χ3n) is 3.29. The molecule has 0 aliphatic rings. The van der Waals surface area contributed by atoms with Crippen molar-refractivity contribution in [1.29, 1.82) is 0 Å². The second-order valence-electron chi connectivity index (χ2n) is 4.71. The van der Waals surface area contributed by atoms with Crippen LogP contribution < -0.4 is 0 Å². The number of fused-ring (bicyclic) bond motifs is 1.